The van der Waals surface area contributed by atoms with Gasteiger partial charge < -0.3 is 21.5 Å². The van der Waals surface area contributed by atoms with Gasteiger partial charge in [-0.15, -0.1) is 0 Å². The Morgan fingerprint density at radius 1 is 1.24 bits per heavy atom. The van der Waals surface area contributed by atoms with Crippen LogP contribution in [0.2, 0.25) is 0 Å². The van der Waals surface area contributed by atoms with Crippen LogP contribution in [0.3, 0.4) is 0 Å². The summed E-state index contributed by atoms with van der Waals surface area (Å²) in [5.41, 5.74) is 8.28. The van der Waals surface area contributed by atoms with Gasteiger partial charge in [-0.25, -0.2) is 4.79 Å². The number of hydrogen-bond donors (Lipinski definition) is 4. The number of carbonyl (C=O) groups is 2. The third-order valence-electron chi connectivity index (χ3n) is 3.34. The number of anilines is 1. The minimum Gasteiger partial charge on any atom is -0.465 e. The van der Waals surface area contributed by atoms with E-state index in [4.69, 9.17) is 10.8 Å². The summed E-state index contributed by atoms with van der Waals surface area (Å²) in [4.78, 5) is 23.0. The fourth-order valence-electron chi connectivity index (χ4n) is 1.96. The lowest BCUT2D eigenvalue weighted by Gasteiger charge is -2.17. The Morgan fingerprint density at radius 2 is 1.95 bits per heavy atom. The van der Waals surface area contributed by atoms with E-state index in [1.54, 1.807) is 6.07 Å². The van der Waals surface area contributed by atoms with Gasteiger partial charge in [0.15, 0.2) is 0 Å². The summed E-state index contributed by atoms with van der Waals surface area (Å²) < 4.78 is 0. The monoisotopic (exact) mass is 293 g/mol. The van der Waals surface area contributed by atoms with Crippen molar-refractivity contribution >= 4 is 17.7 Å². The number of carbonyl (C=O) groups excluding carboxylic acids is 1. The molecule has 2 amide bonds. The van der Waals surface area contributed by atoms with E-state index < -0.39 is 12.1 Å². The van der Waals surface area contributed by atoms with Gasteiger partial charge in [-0.3, -0.25) is 4.79 Å². The number of rotatable bonds is 7. The van der Waals surface area contributed by atoms with Crippen molar-refractivity contribution in [3.05, 3.63) is 29.3 Å². The lowest BCUT2D eigenvalue weighted by Crippen LogP contribution is -2.43. The van der Waals surface area contributed by atoms with Gasteiger partial charge in [0.1, 0.15) is 6.04 Å². The maximum Gasteiger partial charge on any atom is 0.405 e. The molecule has 21 heavy (non-hydrogen) atoms. The van der Waals surface area contributed by atoms with Crippen LogP contribution < -0.4 is 16.4 Å². The number of benzene rings is 1. The Balaban J connectivity index is 2.69. The van der Waals surface area contributed by atoms with Crippen molar-refractivity contribution in [1.82, 2.24) is 5.32 Å². The van der Waals surface area contributed by atoms with Crippen LogP contribution >= 0.6 is 0 Å². The summed E-state index contributed by atoms with van der Waals surface area (Å²) in [6, 6.07) is 4.82. The van der Waals surface area contributed by atoms with Crippen molar-refractivity contribution in [3.8, 4) is 0 Å². The highest BCUT2D eigenvalue weighted by Crippen LogP contribution is 2.15. The summed E-state index contributed by atoms with van der Waals surface area (Å²) in [7, 11) is 0. The average Bonchev–Trinajstić information content (AvgIpc) is 2.41. The Bertz CT molecular complexity index is 503. The highest BCUT2D eigenvalue weighted by atomic mass is 16.4. The van der Waals surface area contributed by atoms with Crippen LogP contribution in [0.5, 0.6) is 0 Å². The lowest BCUT2D eigenvalue weighted by atomic mass is 10.1. The zero-order chi connectivity index (χ0) is 15.8. The molecule has 6 nitrogen and oxygen atoms in total. The predicted octanol–water partition coefficient (Wildman–Crippen LogP) is 2.01. The van der Waals surface area contributed by atoms with Crippen LogP contribution in [0.25, 0.3) is 0 Å². The molecule has 1 rings (SSSR count). The van der Waals surface area contributed by atoms with Gasteiger partial charge in [0, 0.05) is 5.69 Å². The van der Waals surface area contributed by atoms with E-state index in [1.807, 2.05) is 26.0 Å². The van der Waals surface area contributed by atoms with E-state index in [0.717, 1.165) is 17.5 Å². The molecule has 0 aliphatic heterocycles. The van der Waals surface area contributed by atoms with E-state index in [9.17, 15) is 9.59 Å². The largest absolute Gasteiger partial charge is 0.465 e. The molecule has 1 aromatic rings. The van der Waals surface area contributed by atoms with E-state index >= 15 is 0 Å². The number of carboxylic acid groups (broad SMARTS) is 1. The third kappa shape index (κ3) is 5.83. The maximum absolute atomic E-state index is 12.2. The second-order valence-electron chi connectivity index (χ2n) is 5.07. The first-order valence-electron chi connectivity index (χ1n) is 7.01. The first-order chi connectivity index (χ1) is 9.93. The summed E-state index contributed by atoms with van der Waals surface area (Å²) in [5.74, 6) is -0.349. The lowest BCUT2D eigenvalue weighted by molar-refractivity contribution is -0.118. The molecule has 0 aliphatic rings. The first-order valence-corrected chi connectivity index (χ1v) is 7.01. The van der Waals surface area contributed by atoms with E-state index in [1.165, 1.54) is 0 Å². The zero-order valence-electron chi connectivity index (χ0n) is 12.5. The van der Waals surface area contributed by atoms with Crippen molar-refractivity contribution in [3.63, 3.8) is 0 Å². The van der Waals surface area contributed by atoms with Crippen LogP contribution in [0.4, 0.5) is 10.5 Å². The Hall–Kier alpha value is -2.08. The quantitative estimate of drug-likeness (QED) is 0.577. The topological polar surface area (TPSA) is 104 Å². The van der Waals surface area contributed by atoms with Crippen LogP contribution in [-0.4, -0.2) is 29.7 Å². The fourth-order valence-corrected chi connectivity index (χ4v) is 1.96. The normalized spacial score (nSPS) is 11.8. The smallest absolute Gasteiger partial charge is 0.405 e. The van der Waals surface area contributed by atoms with Gasteiger partial charge in [0.05, 0.1) is 0 Å². The molecule has 0 aromatic heterocycles. The highest BCUT2D eigenvalue weighted by molar-refractivity contribution is 5.96. The van der Waals surface area contributed by atoms with Crippen LogP contribution in [0.1, 0.15) is 30.4 Å². The minimum atomic E-state index is -1.21. The fraction of sp³-hybridized carbons (Fsp3) is 0.467. The van der Waals surface area contributed by atoms with Crippen molar-refractivity contribution in [2.75, 3.05) is 11.9 Å². The number of aryl methyl sites for hydroxylation is 2. The number of nitrogens with two attached hydrogens (primary N) is 1. The number of unbranched alkanes of at least 4 members (excludes halogenated alkanes) is 1. The van der Waals surface area contributed by atoms with Gasteiger partial charge in [-0.05, 0) is 62.9 Å². The molecule has 0 fully saturated rings. The molecule has 0 saturated heterocycles. The summed E-state index contributed by atoms with van der Waals surface area (Å²) in [6.07, 6.45) is 0.680. The van der Waals surface area contributed by atoms with Crippen molar-refractivity contribution < 1.29 is 14.7 Å². The Kier molecular flexibility index (Phi) is 6.68. The number of nitrogens with one attached hydrogen (secondary N) is 2. The van der Waals surface area contributed by atoms with Gasteiger partial charge in [-0.2, -0.15) is 0 Å². The van der Waals surface area contributed by atoms with Crippen LogP contribution in [0, 0.1) is 13.8 Å². The van der Waals surface area contributed by atoms with Crippen molar-refractivity contribution in [2.24, 2.45) is 5.73 Å². The van der Waals surface area contributed by atoms with Crippen molar-refractivity contribution in [1.29, 1.82) is 0 Å². The predicted molar refractivity (Wildman–Crippen MR) is 82.4 cm³/mol. The van der Waals surface area contributed by atoms with Crippen LogP contribution in [-0.2, 0) is 4.79 Å². The van der Waals surface area contributed by atoms with Gasteiger partial charge >= 0.3 is 6.09 Å². The first kappa shape index (κ1) is 17.0. The van der Waals surface area contributed by atoms with Gasteiger partial charge in [0.25, 0.3) is 0 Å². The van der Waals surface area contributed by atoms with Crippen molar-refractivity contribution in [2.45, 2.75) is 39.2 Å². The second kappa shape index (κ2) is 8.26. The molecule has 5 N–H and O–H groups in total. The summed E-state index contributed by atoms with van der Waals surface area (Å²) >= 11 is 0. The Labute approximate surface area is 124 Å². The van der Waals surface area contributed by atoms with E-state index in [0.29, 0.717) is 25.1 Å². The third-order valence-corrected chi connectivity index (χ3v) is 3.34. The van der Waals surface area contributed by atoms with E-state index in [-0.39, 0.29) is 5.91 Å². The molecule has 0 spiro atoms. The molecule has 0 unspecified atom stereocenters. The molecular formula is C15H23N3O3. The number of hydrogen-bond acceptors (Lipinski definition) is 3. The maximum atomic E-state index is 12.2. The van der Waals surface area contributed by atoms with E-state index in [2.05, 4.69) is 10.6 Å². The molecule has 116 valence electrons. The standard InChI is InChI=1S/C15H23N3O3/c1-10-6-7-12(9-11(10)2)17-14(19)13(18-15(20)21)5-3-4-8-16/h6-7,9,13,18H,3-5,8,16H2,1-2H3,(H,17,19)(H,20,21)/t13-/m0/s1. The molecule has 0 aliphatic carbocycles. The summed E-state index contributed by atoms with van der Waals surface area (Å²) in [6.45, 7) is 4.47. The molecular weight excluding hydrogens is 270 g/mol. The molecule has 1 atom stereocenters. The summed E-state index contributed by atoms with van der Waals surface area (Å²) in [5, 5.41) is 13.8. The molecule has 0 radical (unpaired) electrons. The molecule has 6 heteroatoms. The molecule has 0 bridgehead atoms. The van der Waals surface area contributed by atoms with Gasteiger partial charge in [-0.1, -0.05) is 6.07 Å². The molecule has 1 aromatic carbocycles. The SMILES string of the molecule is Cc1ccc(NC(=O)[C@H](CCCCN)NC(=O)O)cc1C. The highest BCUT2D eigenvalue weighted by Gasteiger charge is 2.20. The number of amides is 2. The zero-order valence-corrected chi connectivity index (χ0v) is 12.5. The molecule has 0 saturated carbocycles. The second-order valence-corrected chi connectivity index (χ2v) is 5.07. The van der Waals surface area contributed by atoms with Crippen LogP contribution in [0.15, 0.2) is 18.2 Å². The minimum absolute atomic E-state index is 0.349. The average molecular weight is 293 g/mol. The Morgan fingerprint density at radius 3 is 2.52 bits per heavy atom. The molecule has 0 heterocycles. The van der Waals surface area contributed by atoms with Gasteiger partial charge in [0.2, 0.25) is 5.91 Å².